The van der Waals surface area contributed by atoms with E-state index < -0.39 is 6.72 Å². The molecular formula is C17H13N2O3PS. The van der Waals surface area contributed by atoms with Crippen molar-refractivity contribution in [2.75, 3.05) is 6.61 Å². The van der Waals surface area contributed by atoms with E-state index in [1.54, 1.807) is 54.6 Å². The number of hydrogen-bond donors (Lipinski definition) is 0. The van der Waals surface area contributed by atoms with Gasteiger partial charge in [-0.05, 0) is 36.4 Å². The van der Waals surface area contributed by atoms with Crippen molar-refractivity contribution in [1.29, 1.82) is 5.26 Å². The lowest BCUT2D eigenvalue weighted by atomic mass is 10.2. The van der Waals surface area contributed by atoms with Gasteiger partial charge in [0.1, 0.15) is 11.5 Å². The topological polar surface area (TPSA) is 55.8 Å². The fourth-order valence-electron chi connectivity index (χ4n) is 1.65. The van der Waals surface area contributed by atoms with Crippen LogP contribution in [0.25, 0.3) is 4.85 Å². The van der Waals surface area contributed by atoms with Crippen LogP contribution >= 0.6 is 6.72 Å². The third kappa shape index (κ3) is 4.94. The fourth-order valence-corrected chi connectivity index (χ4v) is 3.53. The maximum Gasteiger partial charge on any atom is 0.435 e. The smallest absolute Gasteiger partial charge is 0.416 e. The summed E-state index contributed by atoms with van der Waals surface area (Å²) in [5.74, 6) is 0.891. The molecule has 120 valence electrons. The molecule has 0 saturated heterocycles. The van der Waals surface area contributed by atoms with Crippen molar-refractivity contribution >= 4 is 24.2 Å². The molecule has 0 aliphatic carbocycles. The molecule has 0 heterocycles. The second kappa shape index (κ2) is 8.29. The number of hydrogen-bond acceptors (Lipinski definition) is 5. The van der Waals surface area contributed by atoms with Gasteiger partial charge in [0.15, 0.2) is 5.69 Å². The van der Waals surface area contributed by atoms with Crippen molar-refractivity contribution in [3.63, 3.8) is 0 Å². The van der Waals surface area contributed by atoms with E-state index in [1.807, 2.05) is 6.07 Å². The molecule has 2 rings (SSSR count). The standard InChI is InChI=1S/C17H13N2O3PS/c1-3-12-20-23(24,21-16-8-4-14(13-18)5-9-16)22-17-10-6-15(19-2)7-11-17/h3-11H,1,12H2. The van der Waals surface area contributed by atoms with Gasteiger partial charge in [0.05, 0.1) is 24.8 Å². The van der Waals surface area contributed by atoms with Gasteiger partial charge >= 0.3 is 6.72 Å². The summed E-state index contributed by atoms with van der Waals surface area (Å²) in [4.78, 5) is 3.32. The summed E-state index contributed by atoms with van der Waals surface area (Å²) in [5, 5.41) is 8.83. The molecule has 0 spiro atoms. The monoisotopic (exact) mass is 356 g/mol. The second-order valence-corrected chi connectivity index (χ2v) is 7.32. The molecular weight excluding hydrogens is 343 g/mol. The van der Waals surface area contributed by atoms with Crippen LogP contribution in [0.4, 0.5) is 5.69 Å². The van der Waals surface area contributed by atoms with Crippen LogP contribution in [0.1, 0.15) is 5.56 Å². The molecule has 1 unspecified atom stereocenters. The zero-order chi connectivity index (χ0) is 17.4. The lowest BCUT2D eigenvalue weighted by Crippen LogP contribution is -2.05. The van der Waals surface area contributed by atoms with Crippen LogP contribution in [0, 0.1) is 17.9 Å². The highest BCUT2D eigenvalue weighted by atomic mass is 32.5. The number of nitrogens with zero attached hydrogens (tertiary/aromatic N) is 2. The molecule has 1 atom stereocenters. The minimum Gasteiger partial charge on any atom is -0.416 e. The van der Waals surface area contributed by atoms with E-state index in [2.05, 4.69) is 11.4 Å². The van der Waals surface area contributed by atoms with Crippen molar-refractivity contribution in [2.45, 2.75) is 0 Å². The largest absolute Gasteiger partial charge is 0.435 e. The minimum atomic E-state index is -3.13. The Morgan fingerprint density at radius 2 is 1.67 bits per heavy atom. The van der Waals surface area contributed by atoms with Crippen molar-refractivity contribution < 1.29 is 13.6 Å². The van der Waals surface area contributed by atoms with Gasteiger partial charge in [0, 0.05) is 11.8 Å². The molecule has 0 bridgehead atoms. The molecule has 0 radical (unpaired) electrons. The average molecular weight is 356 g/mol. The van der Waals surface area contributed by atoms with Crippen LogP contribution in [-0.4, -0.2) is 6.61 Å². The number of nitriles is 1. The summed E-state index contributed by atoms with van der Waals surface area (Å²) in [6.45, 7) is 7.59. The highest BCUT2D eigenvalue weighted by Gasteiger charge is 2.24. The first-order valence-corrected chi connectivity index (χ1v) is 9.36. The molecule has 2 aromatic rings. The molecule has 0 amide bonds. The van der Waals surface area contributed by atoms with E-state index in [-0.39, 0.29) is 6.61 Å². The highest BCUT2D eigenvalue weighted by molar-refractivity contribution is 8.07. The summed E-state index contributed by atoms with van der Waals surface area (Å²) in [6.07, 6.45) is 1.55. The molecule has 0 aliphatic heterocycles. The summed E-state index contributed by atoms with van der Waals surface area (Å²) in [7, 11) is 0. The predicted octanol–water partition coefficient (Wildman–Crippen LogP) is 4.99. The number of benzene rings is 2. The Kier molecular flexibility index (Phi) is 6.12. The van der Waals surface area contributed by atoms with Gasteiger partial charge < -0.3 is 9.05 Å². The Bertz CT molecular complexity index is 773. The van der Waals surface area contributed by atoms with Gasteiger partial charge in [-0.1, -0.05) is 18.2 Å². The summed E-state index contributed by atoms with van der Waals surface area (Å²) >= 11 is 5.42. The third-order valence-corrected chi connectivity index (χ3v) is 4.83. The molecule has 0 saturated carbocycles. The van der Waals surface area contributed by atoms with Gasteiger partial charge in [-0.15, -0.1) is 6.58 Å². The Morgan fingerprint density at radius 3 is 2.12 bits per heavy atom. The molecule has 7 heteroatoms. The maximum atomic E-state index is 8.83. The van der Waals surface area contributed by atoms with Crippen LogP contribution in [0.5, 0.6) is 11.5 Å². The Labute approximate surface area is 145 Å². The first kappa shape index (κ1) is 17.7. The third-order valence-electron chi connectivity index (χ3n) is 2.73. The van der Waals surface area contributed by atoms with Crippen molar-refractivity contribution in [3.8, 4) is 17.6 Å². The first-order chi connectivity index (χ1) is 11.6. The first-order valence-electron chi connectivity index (χ1n) is 6.81. The summed E-state index contributed by atoms with van der Waals surface area (Å²) < 4.78 is 17.0. The van der Waals surface area contributed by atoms with Gasteiger partial charge in [0.2, 0.25) is 0 Å². The summed E-state index contributed by atoms with van der Waals surface area (Å²) in [6, 6.07) is 15.0. The van der Waals surface area contributed by atoms with Crippen LogP contribution < -0.4 is 9.05 Å². The lowest BCUT2D eigenvalue weighted by molar-refractivity contribution is 0.290. The normalized spacial score (nSPS) is 12.2. The van der Waals surface area contributed by atoms with E-state index in [0.29, 0.717) is 22.7 Å². The molecule has 0 aliphatic rings. The average Bonchev–Trinajstić information content (AvgIpc) is 2.61. The fraction of sp³-hybridized carbons (Fsp3) is 0.0588. The molecule has 0 N–H and O–H groups in total. The van der Waals surface area contributed by atoms with E-state index in [9.17, 15) is 0 Å². The SMILES string of the molecule is [C-]#[N+]c1ccc(OP(=S)(OCC=C)Oc2ccc(C#N)cc2)cc1. The van der Waals surface area contributed by atoms with Crippen LogP contribution in [-0.2, 0) is 16.3 Å². The van der Waals surface area contributed by atoms with Crippen molar-refractivity contribution in [3.05, 3.63) is 78.2 Å². The highest BCUT2D eigenvalue weighted by Crippen LogP contribution is 2.50. The molecule has 24 heavy (non-hydrogen) atoms. The minimum absolute atomic E-state index is 0.174. The molecule has 0 fully saturated rings. The van der Waals surface area contributed by atoms with Crippen molar-refractivity contribution in [2.24, 2.45) is 0 Å². The Balaban J connectivity index is 2.20. The van der Waals surface area contributed by atoms with E-state index in [1.165, 1.54) is 0 Å². The summed E-state index contributed by atoms with van der Waals surface area (Å²) in [5.41, 5.74) is 1.01. The lowest BCUT2D eigenvalue weighted by Gasteiger charge is -2.22. The molecule has 2 aromatic carbocycles. The predicted molar refractivity (Wildman–Crippen MR) is 95.6 cm³/mol. The second-order valence-electron chi connectivity index (χ2n) is 4.46. The zero-order valence-corrected chi connectivity index (χ0v) is 14.3. The van der Waals surface area contributed by atoms with Gasteiger partial charge in [-0.3, -0.25) is 4.52 Å². The van der Waals surface area contributed by atoms with Crippen LogP contribution in [0.2, 0.25) is 0 Å². The van der Waals surface area contributed by atoms with Gasteiger partial charge in [-0.25, -0.2) is 4.85 Å². The van der Waals surface area contributed by atoms with Crippen LogP contribution in [0.3, 0.4) is 0 Å². The van der Waals surface area contributed by atoms with Gasteiger partial charge in [-0.2, -0.15) is 5.26 Å². The van der Waals surface area contributed by atoms with E-state index in [4.69, 9.17) is 37.2 Å². The van der Waals surface area contributed by atoms with Crippen molar-refractivity contribution in [1.82, 2.24) is 0 Å². The number of rotatable bonds is 7. The van der Waals surface area contributed by atoms with E-state index in [0.717, 1.165) is 0 Å². The zero-order valence-electron chi connectivity index (χ0n) is 12.6. The van der Waals surface area contributed by atoms with Crippen LogP contribution in [0.15, 0.2) is 61.2 Å². The van der Waals surface area contributed by atoms with E-state index >= 15 is 0 Å². The quantitative estimate of drug-likeness (QED) is 0.397. The van der Waals surface area contributed by atoms with Gasteiger partial charge in [0.25, 0.3) is 0 Å². The molecule has 0 aromatic heterocycles. The molecule has 5 nitrogen and oxygen atoms in total. The Morgan fingerprint density at radius 1 is 1.12 bits per heavy atom. The maximum absolute atomic E-state index is 8.83. The Hall–Kier alpha value is -2.63.